The molecule has 0 aliphatic rings. The minimum absolute atomic E-state index is 0.103. The second-order valence-electron chi connectivity index (χ2n) is 9.64. The maximum absolute atomic E-state index is 11.4. The summed E-state index contributed by atoms with van der Waals surface area (Å²) in [6.45, 7) is 1.79. The first-order chi connectivity index (χ1) is 18.0. The van der Waals surface area contributed by atoms with E-state index in [4.69, 9.17) is 20.1 Å². The number of carboxylic acid groups (broad SMARTS) is 3. The van der Waals surface area contributed by atoms with Crippen LogP contribution >= 0.6 is 0 Å². The van der Waals surface area contributed by atoms with Gasteiger partial charge >= 0.3 is 5.97 Å². The lowest BCUT2D eigenvalue weighted by atomic mass is 9.96. The Balaban J connectivity index is 0. The van der Waals surface area contributed by atoms with Crippen LogP contribution in [0.25, 0.3) is 0 Å². The third-order valence-corrected chi connectivity index (χ3v) is 5.89. The topological polar surface area (TPSA) is 207 Å². The van der Waals surface area contributed by atoms with Crippen molar-refractivity contribution < 1.29 is 54.6 Å². The Morgan fingerprint density at radius 1 is 0.711 bits per heavy atom. The van der Waals surface area contributed by atoms with E-state index in [0.717, 1.165) is 12.8 Å². The van der Waals surface area contributed by atoms with E-state index in [1.165, 1.54) is 83.5 Å². The van der Waals surface area contributed by atoms with E-state index >= 15 is 0 Å². The molecule has 0 aromatic rings. The van der Waals surface area contributed by atoms with Gasteiger partial charge in [-0.2, -0.15) is 0 Å². The predicted octanol–water partition coefficient (Wildman–Crippen LogP) is -0.108. The molecule has 11 heteroatoms. The van der Waals surface area contributed by atoms with Gasteiger partial charge in [-0.3, -0.25) is 4.79 Å². The van der Waals surface area contributed by atoms with Crippen LogP contribution in [-0.4, -0.2) is 64.1 Å². The van der Waals surface area contributed by atoms with Gasteiger partial charge in [0.25, 0.3) is 0 Å². The highest BCUT2D eigenvalue weighted by Crippen LogP contribution is 2.14. The van der Waals surface area contributed by atoms with Gasteiger partial charge in [0.1, 0.15) is 18.3 Å². The van der Waals surface area contributed by atoms with Crippen LogP contribution in [0, 0.1) is 0 Å². The van der Waals surface area contributed by atoms with Crippen LogP contribution in [0.1, 0.15) is 122 Å². The highest BCUT2D eigenvalue weighted by molar-refractivity contribution is 5.86. The predicted molar refractivity (Wildman–Crippen MR) is 133 cm³/mol. The van der Waals surface area contributed by atoms with E-state index in [2.05, 4.69) is 6.92 Å². The second-order valence-corrected chi connectivity index (χ2v) is 9.64. The molecule has 0 aromatic heterocycles. The minimum Gasteiger partial charge on any atom is -0.550 e. The molecular weight excluding hydrogens is 500 g/mol. The number of esters is 1. The van der Waals surface area contributed by atoms with Crippen molar-refractivity contribution in [2.24, 2.45) is 0 Å². The Kier molecular flexibility index (Phi) is 25.0. The Morgan fingerprint density at radius 2 is 1.08 bits per heavy atom. The summed E-state index contributed by atoms with van der Waals surface area (Å²) in [5.41, 5.74) is -2.97. The number of aliphatic hydroxyl groups excluding tert-OH is 2. The normalized spacial score (nSPS) is 11.8. The fourth-order valence-corrected chi connectivity index (χ4v) is 3.64. The van der Waals surface area contributed by atoms with Crippen molar-refractivity contribution in [1.82, 2.24) is 0 Å². The zero-order valence-electron chi connectivity index (χ0n) is 22.8. The molecule has 38 heavy (non-hydrogen) atoms. The van der Waals surface area contributed by atoms with Crippen LogP contribution in [0.4, 0.5) is 0 Å². The zero-order valence-corrected chi connectivity index (χ0v) is 22.8. The van der Waals surface area contributed by atoms with Gasteiger partial charge in [0, 0.05) is 31.2 Å². The van der Waals surface area contributed by atoms with Crippen LogP contribution in [0.2, 0.25) is 0 Å². The Labute approximate surface area is 226 Å². The van der Waals surface area contributed by atoms with E-state index in [1.807, 2.05) is 0 Å². The molecule has 11 nitrogen and oxygen atoms in total. The SMILES string of the molecule is CCCCCCCCCCCCCCCCCC(=O)OCC(O)CO.O=C([O-])CC(O)(CC(=O)[O-])C(=O)[O-]. The van der Waals surface area contributed by atoms with Crippen LogP contribution in [0.15, 0.2) is 0 Å². The summed E-state index contributed by atoms with van der Waals surface area (Å²) in [6.07, 6.45) is 16.3. The smallest absolute Gasteiger partial charge is 0.305 e. The maximum atomic E-state index is 11.4. The van der Waals surface area contributed by atoms with Crippen molar-refractivity contribution in [3.8, 4) is 0 Å². The molecule has 0 heterocycles. The molecule has 1 atom stereocenters. The van der Waals surface area contributed by atoms with Crippen molar-refractivity contribution in [3.05, 3.63) is 0 Å². The van der Waals surface area contributed by atoms with Gasteiger partial charge in [0.05, 0.1) is 12.6 Å². The summed E-state index contributed by atoms with van der Waals surface area (Å²) < 4.78 is 4.86. The van der Waals surface area contributed by atoms with Crippen molar-refractivity contribution in [3.63, 3.8) is 0 Å². The van der Waals surface area contributed by atoms with Crippen molar-refractivity contribution in [1.29, 1.82) is 0 Å². The number of hydrogen-bond acceptors (Lipinski definition) is 11. The first-order valence-corrected chi connectivity index (χ1v) is 13.8. The summed E-state index contributed by atoms with van der Waals surface area (Å²) in [4.78, 5) is 41.4. The molecule has 0 aromatic carbocycles. The fraction of sp³-hybridized carbons (Fsp3) is 0.852. The summed E-state index contributed by atoms with van der Waals surface area (Å²) in [6, 6.07) is 0. The van der Waals surface area contributed by atoms with E-state index < -0.39 is 42.5 Å². The van der Waals surface area contributed by atoms with Crippen LogP contribution in [0.5, 0.6) is 0 Å². The molecule has 224 valence electrons. The van der Waals surface area contributed by atoms with Gasteiger partial charge in [0.2, 0.25) is 0 Å². The molecule has 3 N–H and O–H groups in total. The number of unbranched alkanes of at least 4 members (excludes halogenated alkanes) is 14. The lowest BCUT2D eigenvalue weighted by molar-refractivity contribution is -0.339. The average molecular weight is 548 g/mol. The number of carboxylic acids is 3. The summed E-state index contributed by atoms with van der Waals surface area (Å²) in [5, 5.41) is 56.6. The zero-order chi connectivity index (χ0) is 29.2. The molecule has 0 spiro atoms. The Hall–Kier alpha value is -2.24. The Bertz CT molecular complexity index is 621. The molecule has 1 unspecified atom stereocenters. The largest absolute Gasteiger partial charge is 0.550 e. The number of rotatable bonds is 24. The summed E-state index contributed by atoms with van der Waals surface area (Å²) >= 11 is 0. The van der Waals surface area contributed by atoms with Crippen molar-refractivity contribution >= 4 is 23.9 Å². The van der Waals surface area contributed by atoms with Gasteiger partial charge in [-0.1, -0.05) is 96.8 Å². The molecule has 0 radical (unpaired) electrons. The summed E-state index contributed by atoms with van der Waals surface area (Å²) in [5.74, 6) is -6.26. The van der Waals surface area contributed by atoms with Gasteiger partial charge < -0.3 is 49.8 Å². The molecular formula is C27H47O11-3. The summed E-state index contributed by atoms with van der Waals surface area (Å²) in [7, 11) is 0. The van der Waals surface area contributed by atoms with Gasteiger partial charge in [-0.25, -0.2) is 0 Å². The minimum atomic E-state index is -2.97. The average Bonchev–Trinajstić information content (AvgIpc) is 2.84. The third kappa shape index (κ3) is 25.4. The third-order valence-electron chi connectivity index (χ3n) is 5.89. The number of aliphatic hydroxyl groups is 3. The van der Waals surface area contributed by atoms with Gasteiger partial charge in [0.15, 0.2) is 0 Å². The standard InChI is InChI=1S/C21H42O4.C6H8O7/c1-2-3-4-5-6-7-8-9-10-11-12-13-14-15-16-17-21(24)25-19-20(23)18-22;7-3(8)1-6(13,5(11)12)2-4(9)10/h20,22-23H,2-19H2,1H3;13H,1-2H2,(H,7,8)(H,9,10)(H,11,12)/p-3. The van der Waals surface area contributed by atoms with Crippen molar-refractivity contribution in [2.45, 2.75) is 134 Å². The van der Waals surface area contributed by atoms with Gasteiger partial charge in [-0.05, 0) is 6.42 Å². The maximum Gasteiger partial charge on any atom is 0.305 e. The number of ether oxygens (including phenoxy) is 1. The molecule has 0 saturated heterocycles. The van der Waals surface area contributed by atoms with Gasteiger partial charge in [-0.15, -0.1) is 0 Å². The lowest BCUT2D eigenvalue weighted by Crippen LogP contribution is -2.54. The van der Waals surface area contributed by atoms with Crippen LogP contribution < -0.4 is 15.3 Å². The molecule has 0 aliphatic carbocycles. The number of carbonyl (C=O) groups is 4. The number of carbonyl (C=O) groups excluding carboxylic acids is 4. The molecule has 0 fully saturated rings. The highest BCUT2D eigenvalue weighted by atomic mass is 16.5. The van der Waals surface area contributed by atoms with E-state index in [-0.39, 0.29) is 19.2 Å². The second kappa shape index (κ2) is 25.1. The van der Waals surface area contributed by atoms with E-state index in [1.54, 1.807) is 0 Å². The van der Waals surface area contributed by atoms with Crippen LogP contribution in [-0.2, 0) is 23.9 Å². The first kappa shape index (κ1) is 37.9. The molecule has 0 bridgehead atoms. The number of aliphatic carboxylic acids is 3. The van der Waals surface area contributed by atoms with Crippen LogP contribution in [0.3, 0.4) is 0 Å². The first-order valence-electron chi connectivity index (χ1n) is 13.8. The highest BCUT2D eigenvalue weighted by Gasteiger charge is 2.29. The van der Waals surface area contributed by atoms with E-state index in [9.17, 15) is 34.5 Å². The molecule has 0 aliphatic heterocycles. The Morgan fingerprint density at radius 3 is 1.39 bits per heavy atom. The van der Waals surface area contributed by atoms with Crippen molar-refractivity contribution in [2.75, 3.05) is 13.2 Å². The molecule has 0 saturated carbocycles. The van der Waals surface area contributed by atoms with E-state index in [0.29, 0.717) is 6.42 Å². The number of hydrogen-bond donors (Lipinski definition) is 3. The molecule has 0 rings (SSSR count). The quantitative estimate of drug-likeness (QED) is 0.107. The monoisotopic (exact) mass is 547 g/mol. The fourth-order valence-electron chi connectivity index (χ4n) is 3.64. The molecule has 0 amide bonds. The lowest BCUT2D eigenvalue weighted by Gasteiger charge is -2.29.